The van der Waals surface area contributed by atoms with Gasteiger partial charge >= 0.3 is 5.97 Å². The van der Waals surface area contributed by atoms with Gasteiger partial charge < -0.3 is 14.6 Å². The normalized spacial score (nSPS) is 10.8. The third-order valence-electron chi connectivity index (χ3n) is 2.65. The lowest BCUT2D eigenvalue weighted by Crippen LogP contribution is -1.99. The van der Waals surface area contributed by atoms with E-state index >= 15 is 0 Å². The molecule has 0 spiro atoms. The van der Waals surface area contributed by atoms with E-state index in [0.29, 0.717) is 10.0 Å². The number of hydrogen-bond acceptors (Lipinski definition) is 5. The Labute approximate surface area is 125 Å². The van der Waals surface area contributed by atoms with Crippen LogP contribution in [0.2, 0.25) is 0 Å². The van der Waals surface area contributed by atoms with Gasteiger partial charge in [-0.3, -0.25) is 0 Å². The summed E-state index contributed by atoms with van der Waals surface area (Å²) in [6.45, 7) is 0. The van der Waals surface area contributed by atoms with Gasteiger partial charge in [-0.25, -0.2) is 14.2 Å². The molecule has 21 heavy (non-hydrogen) atoms. The zero-order valence-corrected chi connectivity index (χ0v) is 11.8. The molecule has 2 aromatic heterocycles. The Kier molecular flexibility index (Phi) is 3.26. The fourth-order valence-corrected chi connectivity index (χ4v) is 2.25. The molecule has 3 rings (SSSR count). The van der Waals surface area contributed by atoms with Gasteiger partial charge in [-0.05, 0) is 34.1 Å². The summed E-state index contributed by atoms with van der Waals surface area (Å²) in [5, 5.41) is 12.7. The molecule has 0 bridgehead atoms. The number of carbonyl (C=O) groups is 1. The molecule has 0 aliphatic heterocycles. The van der Waals surface area contributed by atoms with E-state index in [0.717, 1.165) is 0 Å². The highest BCUT2D eigenvalue weighted by Crippen LogP contribution is 2.28. The molecule has 106 valence electrons. The highest BCUT2D eigenvalue weighted by molar-refractivity contribution is 9.10. The summed E-state index contributed by atoms with van der Waals surface area (Å²) in [5.41, 5.74) is 0.408. The number of halogens is 2. The Morgan fingerprint density at radius 3 is 2.95 bits per heavy atom. The van der Waals surface area contributed by atoms with Crippen molar-refractivity contribution in [2.24, 2.45) is 0 Å². The van der Waals surface area contributed by atoms with Gasteiger partial charge in [-0.2, -0.15) is 4.98 Å². The molecule has 0 fully saturated rings. The summed E-state index contributed by atoms with van der Waals surface area (Å²) in [7, 11) is 0. The molecule has 0 saturated carbocycles. The highest BCUT2D eigenvalue weighted by atomic mass is 79.9. The lowest BCUT2D eigenvalue weighted by molar-refractivity contribution is 0.0691. The minimum atomic E-state index is -1.21. The van der Waals surface area contributed by atoms with Crippen molar-refractivity contribution in [3.05, 3.63) is 40.5 Å². The Bertz CT molecular complexity index is 830. The van der Waals surface area contributed by atoms with Crippen LogP contribution in [-0.2, 0) is 0 Å². The lowest BCUT2D eigenvalue weighted by atomic mass is 10.2. The Balaban J connectivity index is 2.04. The van der Waals surface area contributed by atoms with Crippen LogP contribution in [0, 0.1) is 5.82 Å². The third-order valence-corrected chi connectivity index (χ3v) is 3.31. The predicted molar refractivity (Wildman–Crippen MR) is 71.9 cm³/mol. The van der Waals surface area contributed by atoms with Crippen molar-refractivity contribution in [2.45, 2.75) is 0 Å². The van der Waals surface area contributed by atoms with Crippen LogP contribution >= 0.6 is 15.9 Å². The number of aromatic carboxylic acids is 1. The van der Waals surface area contributed by atoms with Crippen LogP contribution < -0.4 is 0 Å². The molecule has 2 N–H and O–H groups in total. The molecule has 0 aliphatic rings. The van der Waals surface area contributed by atoms with E-state index in [-0.39, 0.29) is 23.1 Å². The standard InChI is InChI=1S/C12H6BrFN4O3/c13-7-3-5(14)1-2-6(7)10-17-11(21-18-10)8-9(12(19)20)16-4-15-8/h1-4H,(H,15,16)(H,19,20). The van der Waals surface area contributed by atoms with Crippen molar-refractivity contribution in [1.29, 1.82) is 0 Å². The maximum absolute atomic E-state index is 13.1. The summed E-state index contributed by atoms with van der Waals surface area (Å²) >= 11 is 3.20. The van der Waals surface area contributed by atoms with E-state index in [9.17, 15) is 9.18 Å². The Morgan fingerprint density at radius 2 is 2.24 bits per heavy atom. The van der Waals surface area contributed by atoms with E-state index in [1.165, 1.54) is 24.5 Å². The van der Waals surface area contributed by atoms with Crippen molar-refractivity contribution in [2.75, 3.05) is 0 Å². The Hall–Kier alpha value is -2.55. The molecule has 1 aromatic carbocycles. The monoisotopic (exact) mass is 352 g/mol. The van der Waals surface area contributed by atoms with Gasteiger partial charge in [0.05, 0.1) is 6.33 Å². The zero-order valence-electron chi connectivity index (χ0n) is 10.2. The van der Waals surface area contributed by atoms with Crippen molar-refractivity contribution in [3.8, 4) is 23.0 Å². The van der Waals surface area contributed by atoms with Crippen LogP contribution in [0.5, 0.6) is 0 Å². The largest absolute Gasteiger partial charge is 0.476 e. The van der Waals surface area contributed by atoms with Crippen LogP contribution in [0.4, 0.5) is 4.39 Å². The molecule has 3 aromatic rings. The van der Waals surface area contributed by atoms with Crippen LogP contribution in [0.1, 0.15) is 10.5 Å². The van der Waals surface area contributed by atoms with E-state index < -0.39 is 11.8 Å². The quantitative estimate of drug-likeness (QED) is 0.750. The summed E-state index contributed by atoms with van der Waals surface area (Å²) in [6, 6.07) is 4.01. The first kappa shape index (κ1) is 13.4. The number of aromatic nitrogens is 4. The number of carboxylic acid groups (broad SMARTS) is 1. The number of H-pyrrole nitrogens is 1. The first-order valence-electron chi connectivity index (χ1n) is 5.62. The van der Waals surface area contributed by atoms with Gasteiger partial charge in [-0.1, -0.05) is 5.16 Å². The number of hydrogen-bond donors (Lipinski definition) is 2. The molecular weight excluding hydrogens is 347 g/mol. The van der Waals surface area contributed by atoms with Crippen LogP contribution in [0.3, 0.4) is 0 Å². The third kappa shape index (κ3) is 2.42. The molecule has 0 amide bonds. The van der Waals surface area contributed by atoms with Crippen LogP contribution in [0.15, 0.2) is 33.5 Å². The molecule has 0 radical (unpaired) electrons. The average molecular weight is 353 g/mol. The topological polar surface area (TPSA) is 105 Å². The van der Waals surface area contributed by atoms with Crippen molar-refractivity contribution in [3.63, 3.8) is 0 Å². The van der Waals surface area contributed by atoms with E-state index in [4.69, 9.17) is 9.63 Å². The van der Waals surface area contributed by atoms with Gasteiger partial charge in [0.1, 0.15) is 11.5 Å². The second kappa shape index (κ2) is 5.09. The minimum Gasteiger partial charge on any atom is -0.476 e. The smallest absolute Gasteiger partial charge is 0.356 e. The molecule has 0 unspecified atom stereocenters. The Morgan fingerprint density at radius 1 is 1.43 bits per heavy atom. The fourth-order valence-electron chi connectivity index (χ4n) is 1.72. The highest BCUT2D eigenvalue weighted by Gasteiger charge is 2.21. The number of rotatable bonds is 3. The zero-order chi connectivity index (χ0) is 15.0. The molecule has 0 atom stereocenters. The lowest BCUT2D eigenvalue weighted by Gasteiger charge is -1.98. The SMILES string of the molecule is O=C(O)c1nc[nH]c1-c1nc(-c2ccc(F)cc2Br)no1. The number of nitrogens with zero attached hydrogens (tertiary/aromatic N) is 3. The second-order valence-electron chi connectivity index (χ2n) is 3.98. The molecule has 0 aliphatic carbocycles. The van der Waals surface area contributed by atoms with E-state index in [1.54, 1.807) is 0 Å². The van der Waals surface area contributed by atoms with E-state index in [2.05, 4.69) is 36.0 Å². The van der Waals surface area contributed by atoms with Crippen molar-refractivity contribution >= 4 is 21.9 Å². The minimum absolute atomic E-state index is 0.0175. The van der Waals surface area contributed by atoms with Gasteiger partial charge in [-0.15, -0.1) is 0 Å². The van der Waals surface area contributed by atoms with E-state index in [1.807, 2.05) is 0 Å². The number of aromatic amines is 1. The average Bonchev–Trinajstić information content (AvgIpc) is 3.06. The summed E-state index contributed by atoms with van der Waals surface area (Å²) < 4.78 is 18.5. The number of nitrogens with one attached hydrogen (secondary N) is 1. The van der Waals surface area contributed by atoms with Gasteiger partial charge in [0, 0.05) is 10.0 Å². The number of carboxylic acids is 1. The summed E-state index contributed by atoms with van der Waals surface area (Å²) in [4.78, 5) is 21.4. The maximum atomic E-state index is 13.1. The maximum Gasteiger partial charge on any atom is 0.356 e. The van der Waals surface area contributed by atoms with Crippen molar-refractivity contribution < 1.29 is 18.8 Å². The van der Waals surface area contributed by atoms with Gasteiger partial charge in [0.15, 0.2) is 5.69 Å². The first-order valence-corrected chi connectivity index (χ1v) is 6.41. The predicted octanol–water partition coefficient (Wildman–Crippen LogP) is 2.73. The fraction of sp³-hybridized carbons (Fsp3) is 0. The molecular formula is C12H6BrFN4O3. The van der Waals surface area contributed by atoms with Gasteiger partial charge in [0.25, 0.3) is 5.89 Å². The van der Waals surface area contributed by atoms with Crippen LogP contribution in [0.25, 0.3) is 23.0 Å². The molecule has 0 saturated heterocycles. The molecule has 9 heteroatoms. The number of benzene rings is 1. The van der Waals surface area contributed by atoms with Gasteiger partial charge in [0.2, 0.25) is 5.82 Å². The molecule has 2 heterocycles. The summed E-state index contributed by atoms with van der Waals surface area (Å²) in [6.07, 6.45) is 1.22. The molecule has 7 nitrogen and oxygen atoms in total. The number of imidazole rings is 1. The second-order valence-corrected chi connectivity index (χ2v) is 4.83. The van der Waals surface area contributed by atoms with Crippen LogP contribution in [-0.4, -0.2) is 31.2 Å². The first-order chi connectivity index (χ1) is 10.1. The summed E-state index contributed by atoms with van der Waals surface area (Å²) in [5.74, 6) is -1.44. The van der Waals surface area contributed by atoms with Crippen molar-refractivity contribution in [1.82, 2.24) is 20.1 Å².